The van der Waals surface area contributed by atoms with Crippen molar-refractivity contribution in [2.24, 2.45) is 0 Å². The van der Waals surface area contributed by atoms with E-state index in [2.05, 4.69) is 10.9 Å². The molecular weight excluding hydrogens is 367 g/mol. The Balaban J connectivity index is 1.88. The number of amides is 2. The van der Waals surface area contributed by atoms with Crippen molar-refractivity contribution in [3.63, 3.8) is 0 Å². The summed E-state index contributed by atoms with van der Waals surface area (Å²) in [6, 6.07) is 11.1. The van der Waals surface area contributed by atoms with E-state index in [4.69, 9.17) is 32.7 Å². The molecule has 25 heavy (non-hydrogen) atoms. The summed E-state index contributed by atoms with van der Waals surface area (Å²) < 4.78 is 10.5. The highest BCUT2D eigenvalue weighted by atomic mass is 35.5. The number of halogens is 2. The Hall–Kier alpha value is -2.44. The van der Waals surface area contributed by atoms with Gasteiger partial charge in [0.2, 0.25) is 0 Å². The van der Waals surface area contributed by atoms with Crippen LogP contribution in [0.1, 0.15) is 17.3 Å². The molecule has 0 aliphatic heterocycles. The molecule has 0 radical (unpaired) electrons. The van der Waals surface area contributed by atoms with Gasteiger partial charge in [-0.25, -0.2) is 0 Å². The highest BCUT2D eigenvalue weighted by Gasteiger charge is 2.17. The third kappa shape index (κ3) is 5.27. The summed E-state index contributed by atoms with van der Waals surface area (Å²) in [7, 11) is 1.53. The molecule has 0 aliphatic rings. The number of ether oxygens (including phenoxy) is 2. The smallest absolute Gasteiger partial charge is 0.279 e. The molecule has 1 atom stereocenters. The zero-order valence-electron chi connectivity index (χ0n) is 13.5. The Labute approximate surface area is 155 Å². The van der Waals surface area contributed by atoms with Gasteiger partial charge in [0.1, 0.15) is 11.5 Å². The van der Waals surface area contributed by atoms with E-state index in [1.54, 1.807) is 36.4 Å². The minimum Gasteiger partial charge on any atom is -0.497 e. The lowest BCUT2D eigenvalue weighted by molar-refractivity contribution is -0.128. The molecular formula is C17H16Cl2N2O4. The van der Waals surface area contributed by atoms with Crippen LogP contribution in [0.15, 0.2) is 42.5 Å². The maximum Gasteiger partial charge on any atom is 0.279 e. The fourth-order valence-electron chi connectivity index (χ4n) is 1.85. The van der Waals surface area contributed by atoms with E-state index < -0.39 is 17.9 Å². The average Bonchev–Trinajstić information content (AvgIpc) is 2.61. The van der Waals surface area contributed by atoms with Crippen molar-refractivity contribution < 1.29 is 19.1 Å². The van der Waals surface area contributed by atoms with Crippen molar-refractivity contribution in [1.29, 1.82) is 0 Å². The number of benzene rings is 2. The quantitative estimate of drug-likeness (QED) is 0.778. The highest BCUT2D eigenvalue weighted by molar-refractivity contribution is 6.35. The Morgan fingerprint density at radius 2 is 1.72 bits per heavy atom. The maximum atomic E-state index is 12.0. The molecule has 2 aromatic rings. The van der Waals surface area contributed by atoms with Crippen LogP contribution in [0, 0.1) is 0 Å². The van der Waals surface area contributed by atoms with Crippen molar-refractivity contribution in [1.82, 2.24) is 10.9 Å². The van der Waals surface area contributed by atoms with E-state index in [9.17, 15) is 9.59 Å². The minimum absolute atomic E-state index is 0.286. The molecule has 0 saturated heterocycles. The molecule has 132 valence electrons. The Morgan fingerprint density at radius 1 is 1.04 bits per heavy atom. The second-order valence-corrected chi connectivity index (χ2v) is 5.85. The van der Waals surface area contributed by atoms with E-state index in [1.165, 1.54) is 20.1 Å². The molecule has 2 amide bonds. The molecule has 0 heterocycles. The molecule has 0 unspecified atom stereocenters. The van der Waals surface area contributed by atoms with Gasteiger partial charge in [-0.2, -0.15) is 0 Å². The van der Waals surface area contributed by atoms with Crippen LogP contribution in [0.2, 0.25) is 10.0 Å². The lowest BCUT2D eigenvalue weighted by Gasteiger charge is -2.16. The molecule has 2 aromatic carbocycles. The summed E-state index contributed by atoms with van der Waals surface area (Å²) in [5.74, 6) is -0.0572. The fraction of sp³-hybridized carbons (Fsp3) is 0.176. The molecule has 0 fully saturated rings. The predicted molar refractivity (Wildman–Crippen MR) is 95.2 cm³/mol. The van der Waals surface area contributed by atoms with Crippen LogP contribution in [0.3, 0.4) is 0 Å². The van der Waals surface area contributed by atoms with Gasteiger partial charge in [-0.05, 0) is 49.4 Å². The Kier molecular flexibility index (Phi) is 6.50. The van der Waals surface area contributed by atoms with Gasteiger partial charge in [-0.15, -0.1) is 0 Å². The van der Waals surface area contributed by atoms with Crippen LogP contribution in [0.5, 0.6) is 11.5 Å². The normalized spacial score (nSPS) is 11.4. The van der Waals surface area contributed by atoms with Crippen LogP contribution < -0.4 is 20.3 Å². The van der Waals surface area contributed by atoms with Gasteiger partial charge < -0.3 is 9.47 Å². The first-order chi connectivity index (χ1) is 11.9. The number of hydrogen-bond acceptors (Lipinski definition) is 4. The summed E-state index contributed by atoms with van der Waals surface area (Å²) in [5, 5.41) is 0.746. The summed E-state index contributed by atoms with van der Waals surface area (Å²) in [5.41, 5.74) is 4.98. The van der Waals surface area contributed by atoms with E-state index in [0.29, 0.717) is 22.1 Å². The van der Waals surface area contributed by atoms with Gasteiger partial charge in [-0.3, -0.25) is 20.4 Å². The lowest BCUT2D eigenvalue weighted by Crippen LogP contribution is -2.47. The van der Waals surface area contributed by atoms with Gasteiger partial charge in [0, 0.05) is 10.6 Å². The van der Waals surface area contributed by atoms with E-state index >= 15 is 0 Å². The van der Waals surface area contributed by atoms with E-state index in [-0.39, 0.29) is 5.02 Å². The zero-order valence-corrected chi connectivity index (χ0v) is 15.0. The topological polar surface area (TPSA) is 76.7 Å². The van der Waals surface area contributed by atoms with Crippen LogP contribution in [0.25, 0.3) is 0 Å². The molecule has 0 aliphatic carbocycles. The first kappa shape index (κ1) is 18.9. The number of carbonyl (C=O) groups excluding carboxylic acids is 2. The van der Waals surface area contributed by atoms with Crippen LogP contribution in [-0.4, -0.2) is 25.0 Å². The van der Waals surface area contributed by atoms with Gasteiger partial charge in [0.25, 0.3) is 11.8 Å². The minimum atomic E-state index is -0.880. The number of carbonyl (C=O) groups is 2. The number of nitrogens with one attached hydrogen (secondary N) is 2. The molecule has 2 N–H and O–H groups in total. The van der Waals surface area contributed by atoms with E-state index in [1.807, 2.05) is 0 Å². The molecule has 6 nitrogen and oxygen atoms in total. The fourth-order valence-corrected chi connectivity index (χ4v) is 2.30. The van der Waals surface area contributed by atoms with Gasteiger partial charge in [0.05, 0.1) is 12.1 Å². The van der Waals surface area contributed by atoms with Crippen molar-refractivity contribution in [2.45, 2.75) is 13.0 Å². The second-order valence-electron chi connectivity index (χ2n) is 5.01. The average molecular weight is 383 g/mol. The van der Waals surface area contributed by atoms with Crippen LogP contribution >= 0.6 is 23.2 Å². The summed E-state index contributed by atoms with van der Waals surface area (Å²) in [4.78, 5) is 24.0. The van der Waals surface area contributed by atoms with Crippen LogP contribution in [-0.2, 0) is 4.79 Å². The number of hydrogen-bond donors (Lipinski definition) is 2. The standard InChI is InChI=1S/C17H16Cl2N2O4/c1-10(25-15-8-5-12(18)9-14(15)19)16(22)20-21-17(23)11-3-6-13(24-2)7-4-11/h3-10H,1-2H3,(H,20,22)(H,21,23)/t10-/m1/s1. The lowest BCUT2D eigenvalue weighted by atomic mass is 10.2. The van der Waals surface area contributed by atoms with Gasteiger partial charge >= 0.3 is 0 Å². The molecule has 0 aromatic heterocycles. The highest BCUT2D eigenvalue weighted by Crippen LogP contribution is 2.28. The summed E-state index contributed by atoms with van der Waals surface area (Å²) >= 11 is 11.8. The van der Waals surface area contributed by atoms with Crippen molar-refractivity contribution in [3.8, 4) is 11.5 Å². The van der Waals surface area contributed by atoms with E-state index in [0.717, 1.165) is 0 Å². The summed E-state index contributed by atoms with van der Waals surface area (Å²) in [6.45, 7) is 1.53. The first-order valence-electron chi connectivity index (χ1n) is 7.26. The third-order valence-electron chi connectivity index (χ3n) is 3.22. The molecule has 8 heteroatoms. The molecule has 0 saturated carbocycles. The number of rotatable bonds is 5. The summed E-state index contributed by atoms with van der Waals surface area (Å²) in [6.07, 6.45) is -0.880. The third-order valence-corrected chi connectivity index (χ3v) is 3.75. The number of methoxy groups -OCH3 is 1. The number of hydrazine groups is 1. The largest absolute Gasteiger partial charge is 0.497 e. The Bertz CT molecular complexity index is 766. The SMILES string of the molecule is COc1ccc(C(=O)NNC(=O)[C@@H](C)Oc2ccc(Cl)cc2Cl)cc1. The van der Waals surface area contributed by atoms with Gasteiger partial charge in [0.15, 0.2) is 6.10 Å². The second kappa shape index (κ2) is 8.60. The van der Waals surface area contributed by atoms with Gasteiger partial charge in [-0.1, -0.05) is 23.2 Å². The maximum absolute atomic E-state index is 12.0. The first-order valence-corrected chi connectivity index (χ1v) is 8.02. The molecule has 0 bridgehead atoms. The van der Waals surface area contributed by atoms with Crippen molar-refractivity contribution in [3.05, 3.63) is 58.1 Å². The molecule has 2 rings (SSSR count). The van der Waals surface area contributed by atoms with Crippen molar-refractivity contribution in [2.75, 3.05) is 7.11 Å². The molecule has 0 spiro atoms. The predicted octanol–water partition coefficient (Wildman–Crippen LogP) is 3.23. The van der Waals surface area contributed by atoms with Crippen molar-refractivity contribution >= 4 is 35.0 Å². The van der Waals surface area contributed by atoms with Crippen LogP contribution in [0.4, 0.5) is 0 Å². The monoisotopic (exact) mass is 382 g/mol. The Morgan fingerprint density at radius 3 is 2.32 bits per heavy atom. The zero-order chi connectivity index (χ0) is 18.4.